The summed E-state index contributed by atoms with van der Waals surface area (Å²) < 4.78 is 11.5. The number of nitrogens with zero attached hydrogens (tertiary/aromatic N) is 1. The zero-order valence-corrected chi connectivity index (χ0v) is 36.3. The minimum atomic E-state index is -0.0350. The van der Waals surface area contributed by atoms with Gasteiger partial charge in [-0.1, -0.05) is 162 Å². The second kappa shape index (κ2) is 42.0. The van der Waals surface area contributed by atoms with Crippen LogP contribution in [0.1, 0.15) is 252 Å². The van der Waals surface area contributed by atoms with Crippen molar-refractivity contribution in [2.24, 2.45) is 0 Å². The Bertz CT molecular complexity index is 745. The molecule has 0 radical (unpaired) electrons. The second-order valence-corrected chi connectivity index (χ2v) is 16.4. The maximum absolute atomic E-state index is 12.8. The lowest BCUT2D eigenvalue weighted by molar-refractivity contribution is -0.150. The average molecular weight is 752 g/mol. The minimum Gasteiger partial charge on any atom is -0.466 e. The van der Waals surface area contributed by atoms with E-state index >= 15 is 0 Å². The standard InChI is InChI=1S/C47H93NO5/c1-5-8-11-14-17-18-19-25-33-43-52-46(50)38-30-26-32-41-48(44(4)35-34-42-49)40-31-24-20-23-29-39-47(51)53-45(36-27-21-15-12-9-6-2)37-28-22-16-13-10-7-3/h44-45,49H,5-43H2,1-4H3. The molecule has 0 aromatic carbocycles. The van der Waals surface area contributed by atoms with Crippen molar-refractivity contribution in [2.75, 3.05) is 26.3 Å². The van der Waals surface area contributed by atoms with E-state index in [1.807, 2.05) is 0 Å². The molecule has 0 aliphatic carbocycles. The van der Waals surface area contributed by atoms with Crippen LogP contribution < -0.4 is 0 Å². The molecule has 0 amide bonds. The number of hydrogen-bond acceptors (Lipinski definition) is 6. The average Bonchev–Trinajstić information content (AvgIpc) is 3.15. The summed E-state index contributed by atoms with van der Waals surface area (Å²) in [5, 5.41) is 9.38. The summed E-state index contributed by atoms with van der Waals surface area (Å²) >= 11 is 0. The van der Waals surface area contributed by atoms with Crippen LogP contribution in [0.5, 0.6) is 0 Å². The highest BCUT2D eigenvalue weighted by molar-refractivity contribution is 5.69. The lowest BCUT2D eigenvalue weighted by atomic mass is 10.0. The van der Waals surface area contributed by atoms with E-state index in [0.717, 1.165) is 90.1 Å². The van der Waals surface area contributed by atoms with Gasteiger partial charge in [0.1, 0.15) is 6.10 Å². The van der Waals surface area contributed by atoms with Crippen molar-refractivity contribution in [3.8, 4) is 0 Å². The third-order valence-corrected chi connectivity index (χ3v) is 11.1. The second-order valence-electron chi connectivity index (χ2n) is 16.4. The number of ether oxygens (including phenoxy) is 2. The number of carbonyl (C=O) groups excluding carboxylic acids is 2. The van der Waals surface area contributed by atoms with Crippen LogP contribution in [-0.4, -0.2) is 60.4 Å². The van der Waals surface area contributed by atoms with E-state index in [4.69, 9.17) is 9.47 Å². The predicted octanol–water partition coefficient (Wildman–Crippen LogP) is 13.8. The van der Waals surface area contributed by atoms with Crippen LogP contribution in [0.25, 0.3) is 0 Å². The molecule has 0 aromatic heterocycles. The van der Waals surface area contributed by atoms with Crippen LogP contribution in [0.15, 0.2) is 0 Å². The molecule has 1 atom stereocenters. The molecule has 0 saturated carbocycles. The minimum absolute atomic E-state index is 0.0166. The Balaban J connectivity index is 4.22. The highest BCUT2D eigenvalue weighted by Gasteiger charge is 2.15. The van der Waals surface area contributed by atoms with E-state index in [-0.39, 0.29) is 24.6 Å². The van der Waals surface area contributed by atoms with Crippen LogP contribution in [-0.2, 0) is 19.1 Å². The maximum atomic E-state index is 12.8. The molecule has 0 fully saturated rings. The Morgan fingerprint density at radius 2 is 0.868 bits per heavy atom. The topological polar surface area (TPSA) is 76.1 Å². The van der Waals surface area contributed by atoms with Crippen molar-refractivity contribution in [1.29, 1.82) is 0 Å². The molecular formula is C47H93NO5. The summed E-state index contributed by atoms with van der Waals surface area (Å²) in [4.78, 5) is 27.6. The van der Waals surface area contributed by atoms with Gasteiger partial charge in [0.25, 0.3) is 0 Å². The van der Waals surface area contributed by atoms with Gasteiger partial charge in [-0.15, -0.1) is 0 Å². The van der Waals surface area contributed by atoms with Crippen molar-refractivity contribution in [3.05, 3.63) is 0 Å². The van der Waals surface area contributed by atoms with Gasteiger partial charge in [-0.2, -0.15) is 0 Å². The Morgan fingerprint density at radius 1 is 0.472 bits per heavy atom. The largest absolute Gasteiger partial charge is 0.466 e. The molecule has 6 nitrogen and oxygen atoms in total. The van der Waals surface area contributed by atoms with Gasteiger partial charge in [0.05, 0.1) is 6.61 Å². The molecule has 0 heterocycles. The number of aliphatic hydroxyl groups excluding tert-OH is 1. The van der Waals surface area contributed by atoms with E-state index in [0.29, 0.717) is 25.5 Å². The van der Waals surface area contributed by atoms with Gasteiger partial charge in [-0.25, -0.2) is 0 Å². The van der Waals surface area contributed by atoms with Gasteiger partial charge in [0.15, 0.2) is 0 Å². The Labute approximate surface area is 331 Å². The third kappa shape index (κ3) is 37.6. The molecule has 0 aliphatic rings. The first-order chi connectivity index (χ1) is 26.0. The van der Waals surface area contributed by atoms with Crippen LogP contribution >= 0.6 is 0 Å². The number of esters is 2. The molecule has 0 saturated heterocycles. The maximum Gasteiger partial charge on any atom is 0.306 e. The fourth-order valence-electron chi connectivity index (χ4n) is 7.48. The number of rotatable bonds is 43. The Morgan fingerprint density at radius 3 is 1.36 bits per heavy atom. The Hall–Kier alpha value is -1.14. The van der Waals surface area contributed by atoms with Crippen molar-refractivity contribution in [3.63, 3.8) is 0 Å². The number of hydrogen-bond donors (Lipinski definition) is 1. The number of aliphatic hydroxyl groups is 1. The van der Waals surface area contributed by atoms with Gasteiger partial charge in [0.2, 0.25) is 0 Å². The van der Waals surface area contributed by atoms with Crippen molar-refractivity contribution < 1.29 is 24.2 Å². The molecular weight excluding hydrogens is 659 g/mol. The van der Waals surface area contributed by atoms with Crippen LogP contribution in [0, 0.1) is 0 Å². The molecule has 0 bridgehead atoms. The summed E-state index contributed by atoms with van der Waals surface area (Å²) in [6.45, 7) is 12.0. The highest BCUT2D eigenvalue weighted by Crippen LogP contribution is 2.19. The molecule has 1 unspecified atom stereocenters. The molecule has 316 valence electrons. The van der Waals surface area contributed by atoms with E-state index in [2.05, 4.69) is 32.6 Å². The van der Waals surface area contributed by atoms with Gasteiger partial charge in [0, 0.05) is 25.5 Å². The first kappa shape index (κ1) is 51.9. The van der Waals surface area contributed by atoms with Crippen molar-refractivity contribution in [2.45, 2.75) is 265 Å². The van der Waals surface area contributed by atoms with Crippen LogP contribution in [0.4, 0.5) is 0 Å². The summed E-state index contributed by atoms with van der Waals surface area (Å²) in [7, 11) is 0. The van der Waals surface area contributed by atoms with Gasteiger partial charge in [-0.05, 0) is 90.6 Å². The summed E-state index contributed by atoms with van der Waals surface area (Å²) in [5.74, 6) is -0.0185. The molecule has 0 aromatic rings. The smallest absolute Gasteiger partial charge is 0.306 e. The normalized spacial score (nSPS) is 12.2. The first-order valence-corrected chi connectivity index (χ1v) is 23.7. The van der Waals surface area contributed by atoms with Gasteiger partial charge < -0.3 is 19.5 Å². The quantitative estimate of drug-likeness (QED) is 0.0494. The van der Waals surface area contributed by atoms with Crippen LogP contribution in [0.2, 0.25) is 0 Å². The first-order valence-electron chi connectivity index (χ1n) is 23.7. The third-order valence-electron chi connectivity index (χ3n) is 11.1. The van der Waals surface area contributed by atoms with Gasteiger partial charge >= 0.3 is 11.9 Å². The van der Waals surface area contributed by atoms with Crippen LogP contribution in [0.3, 0.4) is 0 Å². The SMILES string of the molecule is CCCCCCCCCCCOC(=O)CCCCCN(CCCCCCCC(=O)OC(CCCCCCCC)CCCCCCCC)C(C)CCCO. The fourth-order valence-corrected chi connectivity index (χ4v) is 7.48. The van der Waals surface area contributed by atoms with Crippen molar-refractivity contribution >= 4 is 11.9 Å². The van der Waals surface area contributed by atoms with E-state index in [1.165, 1.54) is 135 Å². The predicted molar refractivity (Wildman–Crippen MR) is 228 cm³/mol. The molecule has 0 rings (SSSR count). The van der Waals surface area contributed by atoms with E-state index in [1.54, 1.807) is 0 Å². The zero-order valence-electron chi connectivity index (χ0n) is 36.3. The monoisotopic (exact) mass is 752 g/mol. The van der Waals surface area contributed by atoms with Crippen molar-refractivity contribution in [1.82, 2.24) is 4.90 Å². The lowest BCUT2D eigenvalue weighted by Crippen LogP contribution is -2.35. The number of unbranched alkanes of at least 4 members (excludes halogenated alkanes) is 24. The number of carbonyl (C=O) groups is 2. The summed E-state index contributed by atoms with van der Waals surface area (Å²) in [5.41, 5.74) is 0. The molecule has 53 heavy (non-hydrogen) atoms. The van der Waals surface area contributed by atoms with E-state index < -0.39 is 0 Å². The Kier molecular flexibility index (Phi) is 41.1. The fraction of sp³-hybridized carbons (Fsp3) is 0.957. The molecule has 1 N–H and O–H groups in total. The molecule has 0 aliphatic heterocycles. The summed E-state index contributed by atoms with van der Waals surface area (Å²) in [6, 6.07) is 0.457. The zero-order chi connectivity index (χ0) is 38.9. The van der Waals surface area contributed by atoms with E-state index in [9.17, 15) is 14.7 Å². The molecule has 6 heteroatoms. The lowest BCUT2D eigenvalue weighted by Gasteiger charge is -2.29. The highest BCUT2D eigenvalue weighted by atomic mass is 16.5. The molecule has 0 spiro atoms. The van der Waals surface area contributed by atoms with Gasteiger partial charge in [-0.3, -0.25) is 9.59 Å². The summed E-state index contributed by atoms with van der Waals surface area (Å²) in [6.07, 6.45) is 40.5.